The first-order chi connectivity index (χ1) is 8.03. The van der Waals surface area contributed by atoms with Crippen LogP contribution in [0.5, 0.6) is 0 Å². The Kier molecular flexibility index (Phi) is 4.14. The highest BCUT2D eigenvalue weighted by Crippen LogP contribution is 2.36. The predicted molar refractivity (Wildman–Crippen MR) is 74.2 cm³/mol. The van der Waals surface area contributed by atoms with Crippen molar-refractivity contribution >= 4 is 0 Å². The summed E-state index contributed by atoms with van der Waals surface area (Å²) in [4.78, 5) is 2.48. The molecule has 0 radical (unpaired) electrons. The smallest absolute Gasteiger partial charge is 0.0330 e. The first kappa shape index (κ1) is 13.4. The van der Waals surface area contributed by atoms with Crippen LogP contribution in [0.2, 0.25) is 0 Å². The number of nitrogens with one attached hydrogen (secondary N) is 1. The molecule has 0 aliphatic heterocycles. The van der Waals surface area contributed by atoms with Gasteiger partial charge >= 0.3 is 0 Å². The lowest BCUT2D eigenvalue weighted by Crippen LogP contribution is -2.55. The molecule has 0 heterocycles. The van der Waals surface area contributed by atoms with Gasteiger partial charge in [-0.25, -0.2) is 0 Å². The van der Waals surface area contributed by atoms with E-state index in [2.05, 4.69) is 38.2 Å². The lowest BCUT2D eigenvalue weighted by molar-refractivity contribution is 0.0721. The van der Waals surface area contributed by atoms with E-state index in [-0.39, 0.29) is 0 Å². The zero-order chi connectivity index (χ0) is 12.5. The van der Waals surface area contributed by atoms with Gasteiger partial charge in [0.2, 0.25) is 0 Å². The molecule has 1 N–H and O–H groups in total. The molecule has 0 saturated heterocycles. The Morgan fingerprint density at radius 3 is 2.53 bits per heavy atom. The van der Waals surface area contributed by atoms with Crippen LogP contribution in [0.4, 0.5) is 0 Å². The molecule has 2 rings (SSSR count). The van der Waals surface area contributed by atoms with Gasteiger partial charge in [-0.05, 0) is 58.5 Å². The van der Waals surface area contributed by atoms with Crippen molar-refractivity contribution in [3.63, 3.8) is 0 Å². The van der Waals surface area contributed by atoms with Gasteiger partial charge in [-0.2, -0.15) is 0 Å². The summed E-state index contributed by atoms with van der Waals surface area (Å²) >= 11 is 0. The minimum absolute atomic E-state index is 0.417. The fourth-order valence-electron chi connectivity index (χ4n) is 3.47. The Morgan fingerprint density at radius 1 is 1.29 bits per heavy atom. The van der Waals surface area contributed by atoms with Crippen molar-refractivity contribution in [2.45, 2.75) is 64.0 Å². The van der Waals surface area contributed by atoms with Crippen molar-refractivity contribution in [3.8, 4) is 0 Å². The lowest BCUT2D eigenvalue weighted by Gasteiger charge is -2.46. The summed E-state index contributed by atoms with van der Waals surface area (Å²) in [5.74, 6) is 1.86. The highest BCUT2D eigenvalue weighted by molar-refractivity contribution is 4.96. The van der Waals surface area contributed by atoms with E-state index >= 15 is 0 Å². The van der Waals surface area contributed by atoms with Gasteiger partial charge in [-0.3, -0.25) is 0 Å². The van der Waals surface area contributed by atoms with Crippen molar-refractivity contribution in [1.82, 2.24) is 10.2 Å². The topological polar surface area (TPSA) is 15.3 Å². The van der Waals surface area contributed by atoms with Gasteiger partial charge in [-0.1, -0.05) is 19.8 Å². The third kappa shape index (κ3) is 3.23. The van der Waals surface area contributed by atoms with Gasteiger partial charge in [0, 0.05) is 18.1 Å². The predicted octanol–water partition coefficient (Wildman–Crippen LogP) is 2.89. The fraction of sp³-hybridized carbons (Fsp3) is 1.00. The third-order valence-electron chi connectivity index (χ3n) is 5.10. The molecule has 3 unspecified atom stereocenters. The first-order valence-corrected chi connectivity index (χ1v) is 7.44. The molecule has 0 spiro atoms. The van der Waals surface area contributed by atoms with E-state index < -0.39 is 0 Å². The molecule has 2 aliphatic carbocycles. The Hall–Kier alpha value is -0.0800. The van der Waals surface area contributed by atoms with Gasteiger partial charge in [-0.15, -0.1) is 0 Å². The van der Waals surface area contributed by atoms with Gasteiger partial charge in [0.1, 0.15) is 0 Å². The molecule has 0 aromatic rings. The van der Waals surface area contributed by atoms with E-state index in [1.54, 1.807) is 0 Å². The minimum Gasteiger partial charge on any atom is -0.312 e. The average Bonchev–Trinajstić information content (AvgIpc) is 3.09. The monoisotopic (exact) mass is 238 g/mol. The first-order valence-electron chi connectivity index (χ1n) is 7.44. The van der Waals surface area contributed by atoms with E-state index in [1.165, 1.54) is 45.1 Å². The van der Waals surface area contributed by atoms with Crippen LogP contribution in [0.15, 0.2) is 0 Å². The number of likely N-dealkylation sites (N-methyl/N-ethyl adjacent to an activating group) is 1. The number of hydrogen-bond acceptors (Lipinski definition) is 2. The van der Waals surface area contributed by atoms with Gasteiger partial charge in [0.25, 0.3) is 0 Å². The van der Waals surface area contributed by atoms with Crippen molar-refractivity contribution < 1.29 is 0 Å². The standard InChI is InChI=1S/C15H30N2/c1-12-6-5-9-15(10-12,17(3)4)11-16-13(2)14-7-8-14/h12-14,16H,5-11H2,1-4H3. The van der Waals surface area contributed by atoms with Crippen LogP contribution >= 0.6 is 0 Å². The lowest BCUT2D eigenvalue weighted by atomic mass is 9.75. The SMILES string of the molecule is CC1CCCC(CNC(C)C2CC2)(N(C)C)C1. The van der Waals surface area contributed by atoms with Crippen molar-refractivity contribution in [3.05, 3.63) is 0 Å². The van der Waals surface area contributed by atoms with E-state index in [9.17, 15) is 0 Å². The van der Waals surface area contributed by atoms with Gasteiger partial charge in [0.05, 0.1) is 0 Å². The van der Waals surface area contributed by atoms with E-state index in [1.807, 2.05) is 0 Å². The molecule has 2 saturated carbocycles. The maximum absolute atomic E-state index is 3.82. The normalized spacial score (nSPS) is 36.2. The van der Waals surface area contributed by atoms with Gasteiger partial charge in [0.15, 0.2) is 0 Å². The summed E-state index contributed by atoms with van der Waals surface area (Å²) in [6.45, 7) is 5.97. The van der Waals surface area contributed by atoms with Crippen LogP contribution in [0.25, 0.3) is 0 Å². The summed E-state index contributed by atoms with van der Waals surface area (Å²) in [6, 6.07) is 0.726. The summed E-state index contributed by atoms with van der Waals surface area (Å²) in [6.07, 6.45) is 8.45. The molecule has 0 aromatic heterocycles. The second kappa shape index (κ2) is 5.27. The minimum atomic E-state index is 0.417. The largest absolute Gasteiger partial charge is 0.312 e. The fourth-order valence-corrected chi connectivity index (χ4v) is 3.47. The van der Waals surface area contributed by atoms with Crippen LogP contribution in [-0.2, 0) is 0 Å². The molecule has 0 aromatic carbocycles. The molecule has 2 fully saturated rings. The average molecular weight is 238 g/mol. The molecule has 0 amide bonds. The van der Waals surface area contributed by atoms with Crippen LogP contribution in [-0.4, -0.2) is 37.1 Å². The van der Waals surface area contributed by atoms with Crippen LogP contribution in [0.1, 0.15) is 52.4 Å². The second-order valence-corrected chi connectivity index (χ2v) is 6.83. The Balaban J connectivity index is 1.90. The van der Waals surface area contributed by atoms with Crippen LogP contribution in [0.3, 0.4) is 0 Å². The molecular formula is C15H30N2. The summed E-state index contributed by atoms with van der Waals surface area (Å²) < 4.78 is 0. The van der Waals surface area contributed by atoms with Crippen LogP contribution < -0.4 is 5.32 Å². The Morgan fingerprint density at radius 2 is 2.00 bits per heavy atom. The molecule has 17 heavy (non-hydrogen) atoms. The Labute approximate surface area is 107 Å². The maximum atomic E-state index is 3.82. The maximum Gasteiger partial charge on any atom is 0.0330 e. The van der Waals surface area contributed by atoms with E-state index in [0.717, 1.165) is 17.9 Å². The Bertz CT molecular complexity index is 247. The number of rotatable bonds is 5. The van der Waals surface area contributed by atoms with Gasteiger partial charge < -0.3 is 10.2 Å². The van der Waals surface area contributed by atoms with Crippen molar-refractivity contribution in [2.24, 2.45) is 11.8 Å². The molecular weight excluding hydrogens is 208 g/mol. The molecule has 2 nitrogen and oxygen atoms in total. The highest BCUT2D eigenvalue weighted by atomic mass is 15.2. The van der Waals surface area contributed by atoms with E-state index in [0.29, 0.717) is 5.54 Å². The van der Waals surface area contributed by atoms with Crippen molar-refractivity contribution in [2.75, 3.05) is 20.6 Å². The third-order valence-corrected chi connectivity index (χ3v) is 5.10. The summed E-state index contributed by atoms with van der Waals surface area (Å²) in [5.41, 5.74) is 0.417. The van der Waals surface area contributed by atoms with E-state index in [4.69, 9.17) is 0 Å². The molecule has 3 atom stereocenters. The molecule has 2 aliphatic rings. The quantitative estimate of drug-likeness (QED) is 0.792. The number of hydrogen-bond donors (Lipinski definition) is 1. The molecule has 0 bridgehead atoms. The molecule has 2 heteroatoms. The zero-order valence-electron chi connectivity index (χ0n) is 12.1. The summed E-state index contributed by atoms with van der Waals surface area (Å²) in [7, 11) is 4.53. The highest BCUT2D eigenvalue weighted by Gasteiger charge is 2.38. The van der Waals surface area contributed by atoms with Crippen LogP contribution in [0, 0.1) is 11.8 Å². The zero-order valence-corrected chi connectivity index (χ0v) is 12.1. The molecule has 100 valence electrons. The number of nitrogens with zero attached hydrogens (tertiary/aromatic N) is 1. The summed E-state index contributed by atoms with van der Waals surface area (Å²) in [5, 5.41) is 3.82. The van der Waals surface area contributed by atoms with Crippen molar-refractivity contribution in [1.29, 1.82) is 0 Å². The second-order valence-electron chi connectivity index (χ2n) is 6.83.